The van der Waals surface area contributed by atoms with Crippen molar-refractivity contribution in [2.24, 2.45) is 0 Å². The molecule has 3 aromatic carbocycles. The number of rotatable bonds is 14. The SMILES string of the molecule is O=C(NCCCCOc1ccccc1)c1ccc(C(=O)NCCCCOc2ccccc2)cc1. The van der Waals surface area contributed by atoms with Crippen molar-refractivity contribution in [2.45, 2.75) is 25.7 Å². The lowest BCUT2D eigenvalue weighted by atomic mass is 10.1. The van der Waals surface area contributed by atoms with Crippen LogP contribution in [0.15, 0.2) is 84.9 Å². The maximum atomic E-state index is 12.3. The Bertz CT molecular complexity index is 909. The van der Waals surface area contributed by atoms with Gasteiger partial charge in [-0.1, -0.05) is 36.4 Å². The van der Waals surface area contributed by atoms with Gasteiger partial charge in [0.25, 0.3) is 11.8 Å². The van der Waals surface area contributed by atoms with Crippen molar-refractivity contribution in [3.63, 3.8) is 0 Å². The summed E-state index contributed by atoms with van der Waals surface area (Å²) in [6.07, 6.45) is 3.37. The highest BCUT2D eigenvalue weighted by Crippen LogP contribution is 2.10. The molecule has 0 fully saturated rings. The Morgan fingerprint density at radius 2 is 0.912 bits per heavy atom. The summed E-state index contributed by atoms with van der Waals surface area (Å²) >= 11 is 0. The number of benzene rings is 3. The van der Waals surface area contributed by atoms with Crippen LogP contribution in [0.2, 0.25) is 0 Å². The summed E-state index contributed by atoms with van der Waals surface area (Å²) in [4.78, 5) is 24.6. The Hall–Kier alpha value is -3.80. The molecule has 0 saturated heterocycles. The van der Waals surface area contributed by atoms with Crippen LogP contribution in [-0.2, 0) is 0 Å². The molecular formula is C28H32N2O4. The zero-order chi connectivity index (χ0) is 23.8. The summed E-state index contributed by atoms with van der Waals surface area (Å²) < 4.78 is 11.3. The van der Waals surface area contributed by atoms with E-state index in [9.17, 15) is 9.59 Å². The van der Waals surface area contributed by atoms with Gasteiger partial charge in [-0.2, -0.15) is 0 Å². The number of ether oxygens (including phenoxy) is 2. The van der Waals surface area contributed by atoms with Gasteiger partial charge in [-0.25, -0.2) is 0 Å². The van der Waals surface area contributed by atoms with Gasteiger partial charge in [0.05, 0.1) is 13.2 Å². The van der Waals surface area contributed by atoms with Crippen LogP contribution in [0.5, 0.6) is 11.5 Å². The average molecular weight is 461 g/mol. The van der Waals surface area contributed by atoms with Crippen LogP contribution in [0.25, 0.3) is 0 Å². The Labute approximate surface area is 201 Å². The normalized spacial score (nSPS) is 10.4. The van der Waals surface area contributed by atoms with Gasteiger partial charge in [0, 0.05) is 24.2 Å². The van der Waals surface area contributed by atoms with Crippen molar-refractivity contribution in [1.82, 2.24) is 10.6 Å². The first-order valence-corrected chi connectivity index (χ1v) is 11.7. The van der Waals surface area contributed by atoms with E-state index >= 15 is 0 Å². The minimum absolute atomic E-state index is 0.144. The summed E-state index contributed by atoms with van der Waals surface area (Å²) in [6, 6.07) is 26.1. The van der Waals surface area contributed by atoms with Crippen molar-refractivity contribution in [3.8, 4) is 11.5 Å². The van der Waals surface area contributed by atoms with Crippen molar-refractivity contribution < 1.29 is 19.1 Å². The second kappa shape index (κ2) is 14.4. The third kappa shape index (κ3) is 8.98. The van der Waals surface area contributed by atoms with Crippen molar-refractivity contribution in [2.75, 3.05) is 26.3 Å². The quantitative estimate of drug-likeness (QED) is 0.337. The molecule has 3 rings (SSSR count). The van der Waals surface area contributed by atoms with E-state index in [4.69, 9.17) is 9.47 Å². The molecule has 0 aliphatic heterocycles. The molecule has 0 unspecified atom stereocenters. The zero-order valence-electron chi connectivity index (χ0n) is 19.4. The Morgan fingerprint density at radius 1 is 0.529 bits per heavy atom. The molecule has 0 heterocycles. The highest BCUT2D eigenvalue weighted by Gasteiger charge is 2.08. The van der Waals surface area contributed by atoms with Crippen LogP contribution in [0.4, 0.5) is 0 Å². The third-order valence-corrected chi connectivity index (χ3v) is 5.15. The van der Waals surface area contributed by atoms with Crippen LogP contribution in [0.3, 0.4) is 0 Å². The van der Waals surface area contributed by atoms with E-state index in [1.54, 1.807) is 24.3 Å². The Balaban J connectivity index is 1.25. The number of hydrogen-bond donors (Lipinski definition) is 2. The number of carbonyl (C=O) groups excluding carboxylic acids is 2. The van der Waals surface area contributed by atoms with Gasteiger partial charge in [0.15, 0.2) is 0 Å². The van der Waals surface area contributed by atoms with Gasteiger partial charge in [0.1, 0.15) is 11.5 Å². The summed E-state index contributed by atoms with van der Waals surface area (Å²) in [6.45, 7) is 2.38. The molecule has 0 aromatic heterocycles. The van der Waals surface area contributed by atoms with Gasteiger partial charge in [-0.05, 0) is 74.2 Å². The molecule has 0 radical (unpaired) electrons. The van der Waals surface area contributed by atoms with Crippen LogP contribution in [-0.4, -0.2) is 38.1 Å². The first-order valence-electron chi connectivity index (χ1n) is 11.7. The average Bonchev–Trinajstić information content (AvgIpc) is 2.89. The monoisotopic (exact) mass is 460 g/mol. The minimum Gasteiger partial charge on any atom is -0.494 e. The van der Waals surface area contributed by atoms with E-state index in [2.05, 4.69) is 10.6 Å². The number of carbonyl (C=O) groups is 2. The maximum Gasteiger partial charge on any atom is 0.251 e. The standard InChI is InChI=1S/C28H32N2O4/c31-27(29-19-7-9-21-33-25-11-3-1-4-12-25)23-15-17-24(18-16-23)28(32)30-20-8-10-22-34-26-13-5-2-6-14-26/h1-6,11-18H,7-10,19-22H2,(H,29,31)(H,30,32). The summed E-state index contributed by atoms with van der Waals surface area (Å²) in [5.74, 6) is 1.42. The fourth-order valence-corrected chi connectivity index (χ4v) is 3.25. The first-order chi connectivity index (χ1) is 16.7. The van der Waals surface area contributed by atoms with E-state index in [0.717, 1.165) is 37.2 Å². The predicted molar refractivity (Wildman–Crippen MR) is 133 cm³/mol. The smallest absolute Gasteiger partial charge is 0.251 e. The number of para-hydroxylation sites is 2. The van der Waals surface area contributed by atoms with Gasteiger partial charge in [0.2, 0.25) is 0 Å². The summed E-state index contributed by atoms with van der Waals surface area (Å²) in [5, 5.41) is 5.81. The van der Waals surface area contributed by atoms with E-state index in [-0.39, 0.29) is 11.8 Å². The molecule has 0 bridgehead atoms. The van der Waals surface area contributed by atoms with Gasteiger partial charge in [-0.15, -0.1) is 0 Å². The molecule has 3 aromatic rings. The van der Waals surface area contributed by atoms with E-state index in [1.165, 1.54) is 0 Å². The number of unbranched alkanes of at least 4 members (excludes halogenated alkanes) is 2. The molecule has 0 saturated carbocycles. The molecule has 6 nitrogen and oxygen atoms in total. The lowest BCUT2D eigenvalue weighted by molar-refractivity contribution is 0.0940. The van der Waals surface area contributed by atoms with Crippen LogP contribution >= 0.6 is 0 Å². The van der Waals surface area contributed by atoms with Crippen molar-refractivity contribution in [3.05, 3.63) is 96.1 Å². The van der Waals surface area contributed by atoms with Crippen LogP contribution in [0, 0.1) is 0 Å². The summed E-state index contributed by atoms with van der Waals surface area (Å²) in [5.41, 5.74) is 1.07. The molecule has 178 valence electrons. The van der Waals surface area contributed by atoms with Crippen molar-refractivity contribution in [1.29, 1.82) is 0 Å². The molecule has 0 atom stereocenters. The highest BCUT2D eigenvalue weighted by molar-refractivity contribution is 5.97. The van der Waals surface area contributed by atoms with Crippen LogP contribution < -0.4 is 20.1 Å². The lowest BCUT2D eigenvalue weighted by Crippen LogP contribution is -2.26. The molecular weight excluding hydrogens is 428 g/mol. The van der Waals surface area contributed by atoms with Gasteiger partial charge >= 0.3 is 0 Å². The molecule has 2 amide bonds. The van der Waals surface area contributed by atoms with Gasteiger partial charge in [-0.3, -0.25) is 9.59 Å². The Morgan fingerprint density at radius 3 is 1.29 bits per heavy atom. The molecule has 0 aliphatic carbocycles. The first kappa shape index (κ1) is 24.8. The highest BCUT2D eigenvalue weighted by atomic mass is 16.5. The third-order valence-electron chi connectivity index (χ3n) is 5.15. The van der Waals surface area contributed by atoms with Crippen molar-refractivity contribution >= 4 is 11.8 Å². The second-order valence-electron chi connectivity index (χ2n) is 7.83. The fraction of sp³-hybridized carbons (Fsp3) is 0.286. The predicted octanol–water partition coefficient (Wildman–Crippen LogP) is 4.86. The maximum absolute atomic E-state index is 12.3. The largest absolute Gasteiger partial charge is 0.494 e. The number of amides is 2. The number of nitrogens with one attached hydrogen (secondary N) is 2. The molecule has 34 heavy (non-hydrogen) atoms. The fourth-order valence-electron chi connectivity index (χ4n) is 3.25. The van der Waals surface area contributed by atoms with E-state index < -0.39 is 0 Å². The van der Waals surface area contributed by atoms with E-state index in [0.29, 0.717) is 37.4 Å². The Kier molecular flexibility index (Phi) is 10.5. The molecule has 0 spiro atoms. The van der Waals surface area contributed by atoms with E-state index in [1.807, 2.05) is 60.7 Å². The second-order valence-corrected chi connectivity index (χ2v) is 7.83. The molecule has 6 heteroatoms. The molecule has 0 aliphatic rings. The number of hydrogen-bond acceptors (Lipinski definition) is 4. The zero-order valence-corrected chi connectivity index (χ0v) is 19.4. The lowest BCUT2D eigenvalue weighted by Gasteiger charge is -2.09. The van der Waals surface area contributed by atoms with Crippen LogP contribution in [0.1, 0.15) is 46.4 Å². The topological polar surface area (TPSA) is 76.7 Å². The van der Waals surface area contributed by atoms with Gasteiger partial charge < -0.3 is 20.1 Å². The molecule has 2 N–H and O–H groups in total. The minimum atomic E-state index is -0.144. The summed E-state index contributed by atoms with van der Waals surface area (Å²) in [7, 11) is 0.